The first-order chi connectivity index (χ1) is 13.2. The summed E-state index contributed by atoms with van der Waals surface area (Å²) in [6, 6.07) is 5.23. The molecular formula is C17H18ClN7OS. The Kier molecular flexibility index (Phi) is 5.40. The molecule has 1 aliphatic heterocycles. The van der Waals surface area contributed by atoms with Gasteiger partial charge in [-0.25, -0.2) is 9.67 Å². The van der Waals surface area contributed by atoms with Gasteiger partial charge in [-0.05, 0) is 31.0 Å². The Balaban J connectivity index is 1.45. The summed E-state index contributed by atoms with van der Waals surface area (Å²) < 4.78 is 3.71. The summed E-state index contributed by atoms with van der Waals surface area (Å²) in [5, 5.41) is 16.9. The van der Waals surface area contributed by atoms with E-state index in [4.69, 9.17) is 11.6 Å². The predicted octanol–water partition coefficient (Wildman–Crippen LogP) is 2.97. The van der Waals surface area contributed by atoms with Gasteiger partial charge in [-0.15, -0.1) is 10.2 Å². The van der Waals surface area contributed by atoms with Crippen LogP contribution in [0.3, 0.4) is 0 Å². The summed E-state index contributed by atoms with van der Waals surface area (Å²) in [4.78, 5) is 16.4. The van der Waals surface area contributed by atoms with Crippen molar-refractivity contribution in [2.24, 2.45) is 0 Å². The monoisotopic (exact) mass is 403 g/mol. The number of halogens is 1. The van der Waals surface area contributed by atoms with E-state index in [9.17, 15) is 4.79 Å². The van der Waals surface area contributed by atoms with E-state index in [1.807, 2.05) is 0 Å². The van der Waals surface area contributed by atoms with E-state index in [0.29, 0.717) is 16.4 Å². The van der Waals surface area contributed by atoms with E-state index in [1.165, 1.54) is 24.5 Å². The maximum absolute atomic E-state index is 12.5. The molecule has 4 rings (SSSR count). The first-order valence-corrected chi connectivity index (χ1v) is 10.1. The van der Waals surface area contributed by atoms with Crippen molar-refractivity contribution in [3.8, 4) is 5.69 Å². The lowest BCUT2D eigenvalue weighted by atomic mass is 10.2. The minimum atomic E-state index is -0.144. The van der Waals surface area contributed by atoms with Gasteiger partial charge in [0.1, 0.15) is 18.5 Å². The quantitative estimate of drug-likeness (QED) is 0.658. The number of rotatable bonds is 5. The van der Waals surface area contributed by atoms with Crippen LogP contribution in [0.15, 0.2) is 36.0 Å². The number of hydrogen-bond donors (Lipinski definition) is 1. The highest BCUT2D eigenvalue weighted by Crippen LogP contribution is 2.25. The van der Waals surface area contributed by atoms with Crippen LogP contribution < -0.4 is 5.32 Å². The molecule has 1 aliphatic rings. The number of thioether (sulfide) groups is 1. The summed E-state index contributed by atoms with van der Waals surface area (Å²) in [5.41, 5.74) is 1.28. The number of amides is 1. The Morgan fingerprint density at radius 2 is 2.19 bits per heavy atom. The molecule has 2 aromatic heterocycles. The van der Waals surface area contributed by atoms with Crippen LogP contribution >= 0.6 is 23.4 Å². The zero-order valence-electron chi connectivity index (χ0n) is 14.5. The molecule has 3 heterocycles. The van der Waals surface area contributed by atoms with Crippen molar-refractivity contribution >= 4 is 35.0 Å². The highest BCUT2D eigenvalue weighted by molar-refractivity contribution is 7.99. The average Bonchev–Trinajstić information content (AvgIpc) is 3.25. The Morgan fingerprint density at radius 3 is 3.04 bits per heavy atom. The van der Waals surface area contributed by atoms with E-state index in [2.05, 4.69) is 30.2 Å². The van der Waals surface area contributed by atoms with Gasteiger partial charge in [-0.2, -0.15) is 5.10 Å². The molecule has 0 fully saturated rings. The maximum Gasteiger partial charge on any atom is 0.234 e. The third-order valence-corrected chi connectivity index (χ3v) is 5.51. The van der Waals surface area contributed by atoms with Crippen molar-refractivity contribution in [2.75, 3.05) is 11.1 Å². The Hall–Kier alpha value is -2.39. The zero-order valence-corrected chi connectivity index (χ0v) is 16.1. The summed E-state index contributed by atoms with van der Waals surface area (Å²) in [6.07, 6.45) is 7.42. The molecule has 0 saturated carbocycles. The lowest BCUT2D eigenvalue weighted by molar-refractivity contribution is -0.113. The molecule has 0 saturated heterocycles. The fourth-order valence-corrected chi connectivity index (χ4v) is 3.98. The highest BCUT2D eigenvalue weighted by Gasteiger charge is 2.17. The minimum Gasteiger partial charge on any atom is -0.323 e. The Bertz CT molecular complexity index is 941. The molecule has 0 bridgehead atoms. The number of fused-ring (bicyclic) bond motifs is 1. The van der Waals surface area contributed by atoms with Gasteiger partial charge in [0.25, 0.3) is 0 Å². The third-order valence-electron chi connectivity index (χ3n) is 4.31. The summed E-state index contributed by atoms with van der Waals surface area (Å²) >= 11 is 7.49. The van der Waals surface area contributed by atoms with Crippen LogP contribution in [0.1, 0.15) is 25.1 Å². The molecule has 0 unspecified atom stereocenters. The van der Waals surface area contributed by atoms with Crippen LogP contribution in [0.5, 0.6) is 0 Å². The molecule has 0 aliphatic carbocycles. The van der Waals surface area contributed by atoms with Crippen molar-refractivity contribution in [1.82, 2.24) is 29.5 Å². The van der Waals surface area contributed by atoms with Crippen LogP contribution in [0, 0.1) is 0 Å². The van der Waals surface area contributed by atoms with E-state index >= 15 is 0 Å². The number of nitrogens with one attached hydrogen (secondary N) is 1. The molecule has 0 radical (unpaired) electrons. The summed E-state index contributed by atoms with van der Waals surface area (Å²) in [7, 11) is 0. The second-order valence-electron chi connectivity index (χ2n) is 6.20. The predicted molar refractivity (Wildman–Crippen MR) is 103 cm³/mol. The van der Waals surface area contributed by atoms with Crippen molar-refractivity contribution in [1.29, 1.82) is 0 Å². The fourth-order valence-electron chi connectivity index (χ4n) is 3.02. The van der Waals surface area contributed by atoms with E-state index < -0.39 is 0 Å². The van der Waals surface area contributed by atoms with Crippen molar-refractivity contribution in [3.05, 3.63) is 41.7 Å². The van der Waals surface area contributed by atoms with E-state index in [0.717, 1.165) is 36.8 Å². The second kappa shape index (κ2) is 8.10. The molecule has 1 N–H and O–H groups in total. The topological polar surface area (TPSA) is 90.5 Å². The van der Waals surface area contributed by atoms with Gasteiger partial charge in [0, 0.05) is 18.0 Å². The number of nitrogens with zero attached hydrogens (tertiary/aromatic N) is 6. The number of anilines is 1. The normalized spacial score (nSPS) is 13.8. The fraction of sp³-hybridized carbons (Fsp3) is 0.353. The molecule has 0 atom stereocenters. The SMILES string of the molecule is O=C(CSc1nnc2n1CCCCC2)Nc1cc(Cl)ccc1-n1cncn1. The molecule has 27 heavy (non-hydrogen) atoms. The smallest absolute Gasteiger partial charge is 0.234 e. The molecule has 1 amide bonds. The van der Waals surface area contributed by atoms with Crippen molar-refractivity contribution in [2.45, 2.75) is 37.4 Å². The molecular weight excluding hydrogens is 386 g/mol. The number of aryl methyl sites for hydroxylation is 1. The van der Waals surface area contributed by atoms with Crippen molar-refractivity contribution in [3.63, 3.8) is 0 Å². The second-order valence-corrected chi connectivity index (χ2v) is 7.58. The largest absolute Gasteiger partial charge is 0.323 e. The van der Waals surface area contributed by atoms with Crippen LogP contribution in [0.2, 0.25) is 5.02 Å². The van der Waals surface area contributed by atoms with Gasteiger partial charge in [0.15, 0.2) is 5.16 Å². The summed E-state index contributed by atoms with van der Waals surface area (Å²) in [5.74, 6) is 1.11. The van der Waals surface area contributed by atoms with Gasteiger partial charge >= 0.3 is 0 Å². The average molecular weight is 404 g/mol. The number of hydrogen-bond acceptors (Lipinski definition) is 6. The van der Waals surface area contributed by atoms with Gasteiger partial charge < -0.3 is 9.88 Å². The number of carbonyl (C=O) groups excluding carboxylic acids is 1. The zero-order chi connectivity index (χ0) is 18.6. The standard InChI is InChI=1S/C17H18ClN7OS/c18-12-5-6-14(25-11-19-10-20-25)13(8-12)21-16(26)9-27-17-23-22-15-4-2-1-3-7-24(15)17/h5-6,8,10-11H,1-4,7,9H2,(H,21,26). The first kappa shape index (κ1) is 18.0. The van der Waals surface area contributed by atoms with Crippen LogP contribution in [-0.2, 0) is 17.8 Å². The van der Waals surface area contributed by atoms with E-state index in [1.54, 1.807) is 29.2 Å². The lowest BCUT2D eigenvalue weighted by Crippen LogP contribution is -2.16. The Morgan fingerprint density at radius 1 is 1.26 bits per heavy atom. The minimum absolute atomic E-state index is 0.144. The number of benzene rings is 1. The molecule has 140 valence electrons. The number of carbonyl (C=O) groups is 1. The van der Waals surface area contributed by atoms with Crippen LogP contribution in [-0.4, -0.2) is 41.2 Å². The van der Waals surface area contributed by atoms with Gasteiger partial charge in [-0.1, -0.05) is 29.8 Å². The van der Waals surface area contributed by atoms with Crippen LogP contribution in [0.25, 0.3) is 5.69 Å². The van der Waals surface area contributed by atoms with Gasteiger partial charge in [-0.3, -0.25) is 4.79 Å². The first-order valence-electron chi connectivity index (χ1n) is 8.70. The maximum atomic E-state index is 12.5. The van der Waals surface area contributed by atoms with Gasteiger partial charge in [0.2, 0.25) is 5.91 Å². The number of aromatic nitrogens is 6. The molecule has 1 aromatic carbocycles. The molecule has 0 spiro atoms. The lowest BCUT2D eigenvalue weighted by Gasteiger charge is -2.11. The van der Waals surface area contributed by atoms with Crippen molar-refractivity contribution < 1.29 is 4.79 Å². The molecule has 3 aromatic rings. The molecule has 10 heteroatoms. The van der Waals surface area contributed by atoms with Gasteiger partial charge in [0.05, 0.1) is 17.1 Å². The van der Waals surface area contributed by atoms with E-state index in [-0.39, 0.29) is 11.7 Å². The highest BCUT2D eigenvalue weighted by atomic mass is 35.5. The van der Waals surface area contributed by atoms with Crippen LogP contribution in [0.4, 0.5) is 5.69 Å². The summed E-state index contributed by atoms with van der Waals surface area (Å²) in [6.45, 7) is 0.914. The molecule has 8 nitrogen and oxygen atoms in total. The Labute approximate surface area is 165 Å². The third kappa shape index (κ3) is 4.14.